The van der Waals surface area contributed by atoms with E-state index in [1.165, 1.54) is 18.4 Å². The van der Waals surface area contributed by atoms with Gasteiger partial charge in [-0.25, -0.2) is 0 Å². The van der Waals surface area contributed by atoms with E-state index in [0.717, 1.165) is 50.7 Å². The number of benzene rings is 1. The van der Waals surface area contributed by atoms with E-state index in [2.05, 4.69) is 31.2 Å². The van der Waals surface area contributed by atoms with E-state index in [1.54, 1.807) is 21.3 Å². The van der Waals surface area contributed by atoms with E-state index in [9.17, 15) is 0 Å². The smallest absolute Gasteiger partial charge is 0.494 e. The van der Waals surface area contributed by atoms with Gasteiger partial charge < -0.3 is 22.8 Å². The van der Waals surface area contributed by atoms with E-state index in [1.807, 2.05) is 0 Å². The monoisotopic (exact) mass is 396 g/mol. The molecule has 1 aromatic carbocycles. The third-order valence-electron chi connectivity index (χ3n) is 5.41. The summed E-state index contributed by atoms with van der Waals surface area (Å²) in [6, 6.07) is 9.44. The van der Waals surface area contributed by atoms with Gasteiger partial charge in [0.2, 0.25) is 0 Å². The molecule has 6 heteroatoms. The van der Waals surface area contributed by atoms with Crippen molar-refractivity contribution in [2.45, 2.75) is 63.5 Å². The van der Waals surface area contributed by atoms with Gasteiger partial charge in [-0.2, -0.15) is 0 Å². The van der Waals surface area contributed by atoms with Crippen LogP contribution < -0.4 is 4.74 Å². The average Bonchev–Trinajstić information content (AvgIpc) is 2.74. The largest absolute Gasteiger partial charge is 0.500 e. The van der Waals surface area contributed by atoms with Gasteiger partial charge in [0.05, 0.1) is 12.7 Å². The minimum Gasteiger partial charge on any atom is -0.494 e. The van der Waals surface area contributed by atoms with Gasteiger partial charge in [-0.1, -0.05) is 19.1 Å². The lowest BCUT2D eigenvalue weighted by atomic mass is 9.83. The van der Waals surface area contributed by atoms with Crippen LogP contribution in [-0.4, -0.2) is 49.5 Å². The first-order valence-corrected chi connectivity index (χ1v) is 12.1. The molecule has 27 heavy (non-hydrogen) atoms. The Kier molecular flexibility index (Phi) is 9.79. The minimum absolute atomic E-state index is 0.372. The average molecular weight is 397 g/mol. The van der Waals surface area contributed by atoms with Crippen molar-refractivity contribution in [3.05, 3.63) is 29.8 Å². The van der Waals surface area contributed by atoms with Crippen molar-refractivity contribution < 1.29 is 22.8 Å². The van der Waals surface area contributed by atoms with Gasteiger partial charge in [0.15, 0.2) is 0 Å². The number of hydrogen-bond donors (Lipinski definition) is 0. The molecule has 1 fully saturated rings. The second kappa shape index (κ2) is 11.8. The molecule has 0 radical (unpaired) electrons. The normalized spacial score (nSPS) is 20.6. The summed E-state index contributed by atoms with van der Waals surface area (Å²) in [4.78, 5) is 0. The van der Waals surface area contributed by atoms with Crippen LogP contribution in [0.2, 0.25) is 6.04 Å². The Morgan fingerprint density at radius 3 is 2.07 bits per heavy atom. The molecule has 0 spiro atoms. The summed E-state index contributed by atoms with van der Waals surface area (Å²) in [6.45, 7) is 3.65. The van der Waals surface area contributed by atoms with E-state index < -0.39 is 8.80 Å². The Morgan fingerprint density at radius 2 is 1.52 bits per heavy atom. The fraction of sp³-hybridized carbons (Fsp3) is 0.714. The van der Waals surface area contributed by atoms with Gasteiger partial charge in [-0.3, -0.25) is 0 Å². The van der Waals surface area contributed by atoms with E-state index in [4.69, 9.17) is 22.8 Å². The summed E-state index contributed by atoms with van der Waals surface area (Å²) in [5, 5.41) is 0. The highest BCUT2D eigenvalue weighted by Crippen LogP contribution is 2.34. The molecule has 154 valence electrons. The zero-order valence-electron chi connectivity index (χ0n) is 17.4. The van der Waals surface area contributed by atoms with Crippen LogP contribution in [0.3, 0.4) is 0 Å². The van der Waals surface area contributed by atoms with Gasteiger partial charge in [0, 0.05) is 34.0 Å². The van der Waals surface area contributed by atoms with Crippen LogP contribution in [0.25, 0.3) is 0 Å². The van der Waals surface area contributed by atoms with Crippen LogP contribution in [0.5, 0.6) is 5.75 Å². The van der Waals surface area contributed by atoms with E-state index in [0.29, 0.717) is 12.0 Å². The zero-order valence-corrected chi connectivity index (χ0v) is 18.4. The van der Waals surface area contributed by atoms with Crippen LogP contribution >= 0.6 is 0 Å². The Morgan fingerprint density at radius 1 is 0.889 bits per heavy atom. The fourth-order valence-corrected chi connectivity index (χ4v) is 5.40. The lowest BCUT2D eigenvalue weighted by Gasteiger charge is -2.29. The predicted octanol–water partition coefficient (Wildman–Crippen LogP) is 4.79. The maximum atomic E-state index is 6.10. The van der Waals surface area contributed by atoms with Crippen molar-refractivity contribution in [3.8, 4) is 5.75 Å². The molecule has 0 aliphatic heterocycles. The molecular weight excluding hydrogens is 360 g/mol. The number of hydrogen-bond acceptors (Lipinski definition) is 5. The molecule has 2 rings (SSSR count). The molecule has 0 aromatic heterocycles. The lowest BCUT2D eigenvalue weighted by molar-refractivity contribution is 0.0225. The Bertz CT molecular complexity index is 502. The Hall–Kier alpha value is -0.923. The first-order valence-electron chi connectivity index (χ1n) is 10.2. The van der Waals surface area contributed by atoms with Gasteiger partial charge >= 0.3 is 8.80 Å². The second-order valence-electron chi connectivity index (χ2n) is 7.16. The molecule has 0 atom stereocenters. The highest BCUT2D eigenvalue weighted by atomic mass is 28.4. The van der Waals surface area contributed by atoms with Crippen LogP contribution in [0, 0.1) is 0 Å². The third-order valence-corrected chi connectivity index (χ3v) is 8.24. The van der Waals surface area contributed by atoms with E-state index >= 15 is 0 Å². The highest BCUT2D eigenvalue weighted by molar-refractivity contribution is 6.60. The topological polar surface area (TPSA) is 46.2 Å². The van der Waals surface area contributed by atoms with Crippen molar-refractivity contribution in [3.63, 3.8) is 0 Å². The quantitative estimate of drug-likeness (QED) is 0.376. The molecular formula is C21H36O5Si. The van der Waals surface area contributed by atoms with Crippen molar-refractivity contribution in [1.82, 2.24) is 0 Å². The number of rotatable bonds is 12. The summed E-state index contributed by atoms with van der Waals surface area (Å²) < 4.78 is 28.1. The van der Waals surface area contributed by atoms with Crippen molar-refractivity contribution in [2.24, 2.45) is 0 Å². The first kappa shape index (κ1) is 22.4. The van der Waals surface area contributed by atoms with Crippen LogP contribution in [0.1, 0.15) is 56.9 Å². The molecule has 0 heterocycles. The lowest BCUT2D eigenvalue weighted by Crippen LogP contribution is -2.42. The molecule has 1 saturated carbocycles. The third kappa shape index (κ3) is 6.87. The second-order valence-corrected chi connectivity index (χ2v) is 10.3. The van der Waals surface area contributed by atoms with Crippen molar-refractivity contribution in [1.29, 1.82) is 0 Å². The maximum absolute atomic E-state index is 6.10. The minimum atomic E-state index is -2.46. The van der Waals surface area contributed by atoms with Gasteiger partial charge in [0.25, 0.3) is 0 Å². The molecule has 1 aliphatic carbocycles. The highest BCUT2D eigenvalue weighted by Gasteiger charge is 2.37. The van der Waals surface area contributed by atoms with E-state index in [-0.39, 0.29) is 0 Å². The summed E-state index contributed by atoms with van der Waals surface area (Å²) in [5.41, 5.74) is 1.42. The van der Waals surface area contributed by atoms with Crippen molar-refractivity contribution >= 4 is 8.80 Å². The predicted molar refractivity (Wildman–Crippen MR) is 109 cm³/mol. The molecule has 0 N–H and O–H groups in total. The van der Waals surface area contributed by atoms with Crippen molar-refractivity contribution in [2.75, 3.05) is 34.5 Å². The zero-order chi connectivity index (χ0) is 19.5. The molecule has 0 amide bonds. The van der Waals surface area contributed by atoms with Crippen LogP contribution in [0.4, 0.5) is 0 Å². The maximum Gasteiger partial charge on any atom is 0.500 e. The van der Waals surface area contributed by atoms with Crippen LogP contribution in [0.15, 0.2) is 24.3 Å². The molecule has 0 saturated heterocycles. The molecule has 0 bridgehead atoms. The van der Waals surface area contributed by atoms with Gasteiger partial charge in [-0.05, 0) is 62.1 Å². The SMILES string of the molecule is CCCOc1ccc(C2CCC(OCCC[Si](OC)(OC)OC)CC2)cc1. The Balaban J connectivity index is 1.68. The number of ether oxygens (including phenoxy) is 2. The standard InChI is InChI=1S/C21H36O5Si/c1-5-15-25-20-11-7-18(8-12-20)19-9-13-21(14-10-19)26-16-6-17-27(22-2,23-3)24-4/h7-8,11-12,19,21H,5-6,9-10,13-17H2,1-4H3. The molecule has 1 aliphatic rings. The molecule has 5 nitrogen and oxygen atoms in total. The summed E-state index contributed by atoms with van der Waals surface area (Å²) in [5.74, 6) is 1.61. The molecule has 1 aromatic rings. The Labute approximate surface area is 165 Å². The van der Waals surface area contributed by atoms with Gasteiger partial charge in [-0.15, -0.1) is 0 Å². The fourth-order valence-electron chi connectivity index (χ4n) is 3.71. The van der Waals surface area contributed by atoms with Gasteiger partial charge in [0.1, 0.15) is 5.75 Å². The summed E-state index contributed by atoms with van der Waals surface area (Å²) >= 11 is 0. The summed E-state index contributed by atoms with van der Waals surface area (Å²) in [7, 11) is 2.51. The summed E-state index contributed by atoms with van der Waals surface area (Å²) in [6.07, 6.45) is 6.94. The van der Waals surface area contributed by atoms with Crippen LogP contribution in [-0.2, 0) is 18.0 Å². The first-order chi connectivity index (χ1) is 13.2. The molecule has 0 unspecified atom stereocenters.